The maximum atomic E-state index is 6.18. The van der Waals surface area contributed by atoms with Crippen LogP contribution in [0.4, 0.5) is 5.82 Å². The number of fused-ring (bicyclic) bond motifs is 3. The van der Waals surface area contributed by atoms with E-state index in [0.717, 1.165) is 36.7 Å². The lowest BCUT2D eigenvalue weighted by atomic mass is 9.82. The van der Waals surface area contributed by atoms with Gasteiger partial charge in [-0.05, 0) is 55.7 Å². The van der Waals surface area contributed by atoms with E-state index in [9.17, 15) is 0 Å². The van der Waals surface area contributed by atoms with Gasteiger partial charge in [0.2, 0.25) is 0 Å². The van der Waals surface area contributed by atoms with Crippen LogP contribution in [0.1, 0.15) is 54.7 Å². The van der Waals surface area contributed by atoms with E-state index in [4.69, 9.17) is 10.5 Å². The Balaban J connectivity index is 1.35. The number of rotatable bonds is 4. The van der Waals surface area contributed by atoms with Crippen LogP contribution < -0.4 is 10.5 Å². The standard InChI is InChI=1S/C27H31N7O/c1-17-29-24-25(28)30-27-31-26(24)34(17)16-19-10-12-22(20(14-19)8-3-2-4-13-35-27)23-15-21(32-33-23)11-9-18-6-5-7-18/h2-3,10,12,14-15,18H,4-9,11,13,16H2,1H3,(H,32,33)(H2,28,30,31)/b3-2+. The number of anilines is 1. The summed E-state index contributed by atoms with van der Waals surface area (Å²) in [5, 5.41) is 7.95. The fraction of sp³-hybridized carbons (Fsp3) is 0.407. The fourth-order valence-electron chi connectivity index (χ4n) is 5.03. The number of ether oxygens (including phenoxy) is 1. The number of H-pyrrole nitrogens is 1. The van der Waals surface area contributed by atoms with Gasteiger partial charge in [-0.25, -0.2) is 4.98 Å². The Hall–Kier alpha value is -3.68. The number of nitrogens with one attached hydrogen (secondary N) is 1. The van der Waals surface area contributed by atoms with Crippen molar-refractivity contribution in [2.45, 2.75) is 58.4 Å². The fourth-order valence-corrected chi connectivity index (χ4v) is 5.03. The molecule has 4 aromatic rings. The highest BCUT2D eigenvalue weighted by Crippen LogP contribution is 2.31. The molecule has 1 aliphatic heterocycles. The molecule has 1 aliphatic carbocycles. The number of aromatic amines is 1. The first-order valence-electron chi connectivity index (χ1n) is 12.6. The third kappa shape index (κ3) is 4.40. The van der Waals surface area contributed by atoms with E-state index in [1.165, 1.54) is 48.1 Å². The molecule has 180 valence electrons. The lowest BCUT2D eigenvalue weighted by Crippen LogP contribution is -2.11. The third-order valence-electron chi connectivity index (χ3n) is 7.28. The molecule has 0 saturated heterocycles. The van der Waals surface area contributed by atoms with Crippen LogP contribution in [0.3, 0.4) is 0 Å². The Morgan fingerprint density at radius 3 is 2.91 bits per heavy atom. The van der Waals surface area contributed by atoms with Crippen molar-refractivity contribution in [2.75, 3.05) is 12.3 Å². The first kappa shape index (κ1) is 21.8. The minimum atomic E-state index is 0.296. The molecule has 0 atom stereocenters. The van der Waals surface area contributed by atoms with Crippen LogP contribution in [0.5, 0.6) is 6.01 Å². The Bertz CT molecular complexity index is 1400. The molecular formula is C27H31N7O. The summed E-state index contributed by atoms with van der Waals surface area (Å²) >= 11 is 0. The van der Waals surface area contributed by atoms with Crippen molar-refractivity contribution in [2.24, 2.45) is 5.92 Å². The van der Waals surface area contributed by atoms with E-state index < -0.39 is 0 Å². The second kappa shape index (κ2) is 9.17. The van der Waals surface area contributed by atoms with Crippen LogP contribution in [0.15, 0.2) is 36.4 Å². The average Bonchev–Trinajstić information content (AvgIpc) is 3.40. The van der Waals surface area contributed by atoms with Gasteiger partial charge in [0, 0.05) is 11.3 Å². The van der Waals surface area contributed by atoms with Gasteiger partial charge in [0.05, 0.1) is 18.8 Å². The van der Waals surface area contributed by atoms with Crippen molar-refractivity contribution in [3.63, 3.8) is 0 Å². The SMILES string of the molecule is Cc1nc2c(N)nc3nc2n1Cc1ccc(-c2cc(CCC4CCC4)[nH]n2)c(c1)C/C=C/CCO3. The van der Waals surface area contributed by atoms with Crippen LogP contribution in [0.25, 0.3) is 22.4 Å². The molecule has 1 saturated carbocycles. The largest absolute Gasteiger partial charge is 0.463 e. The first-order chi connectivity index (χ1) is 17.1. The number of allylic oxidation sites excluding steroid dienone is 1. The number of imidazole rings is 1. The molecule has 0 radical (unpaired) electrons. The molecule has 8 heteroatoms. The summed E-state index contributed by atoms with van der Waals surface area (Å²) < 4.78 is 7.87. The number of nitrogen functional groups attached to an aromatic ring is 1. The monoisotopic (exact) mass is 469 g/mol. The highest BCUT2D eigenvalue weighted by molar-refractivity contribution is 5.82. The second-order valence-corrected chi connectivity index (χ2v) is 9.73. The van der Waals surface area contributed by atoms with E-state index in [1.54, 1.807) is 0 Å². The number of hydrogen-bond acceptors (Lipinski definition) is 6. The molecule has 8 nitrogen and oxygen atoms in total. The normalized spacial score (nSPS) is 17.2. The zero-order valence-electron chi connectivity index (χ0n) is 20.1. The topological polar surface area (TPSA) is 108 Å². The van der Waals surface area contributed by atoms with Gasteiger partial charge >= 0.3 is 6.01 Å². The number of nitrogens with two attached hydrogens (primary N) is 1. The summed E-state index contributed by atoms with van der Waals surface area (Å²) in [6.45, 7) is 3.10. The van der Waals surface area contributed by atoms with Crippen molar-refractivity contribution < 1.29 is 4.74 Å². The summed E-state index contributed by atoms with van der Waals surface area (Å²) in [5.41, 5.74) is 13.3. The predicted octanol–water partition coefficient (Wildman–Crippen LogP) is 4.77. The molecule has 0 unspecified atom stereocenters. The Kier molecular flexibility index (Phi) is 5.72. The van der Waals surface area contributed by atoms with Gasteiger partial charge in [0.15, 0.2) is 17.0 Å². The molecule has 0 spiro atoms. The van der Waals surface area contributed by atoms with Gasteiger partial charge in [0.25, 0.3) is 0 Å². The van der Waals surface area contributed by atoms with Crippen LogP contribution in [0.2, 0.25) is 0 Å². The lowest BCUT2D eigenvalue weighted by molar-refractivity contribution is 0.295. The summed E-state index contributed by atoms with van der Waals surface area (Å²) in [5.74, 6) is 2.09. The minimum Gasteiger partial charge on any atom is -0.463 e. The van der Waals surface area contributed by atoms with E-state index in [0.29, 0.717) is 36.1 Å². The maximum absolute atomic E-state index is 6.18. The molecule has 4 bridgehead atoms. The van der Waals surface area contributed by atoms with Gasteiger partial charge in [-0.15, -0.1) is 0 Å². The molecule has 1 fully saturated rings. The van der Waals surface area contributed by atoms with E-state index >= 15 is 0 Å². The maximum Gasteiger partial charge on any atom is 0.320 e. The van der Waals surface area contributed by atoms with Crippen LogP contribution in [-0.2, 0) is 19.4 Å². The number of hydrogen-bond donors (Lipinski definition) is 2. The van der Waals surface area contributed by atoms with Crippen LogP contribution >= 0.6 is 0 Å². The molecule has 2 aliphatic rings. The molecule has 4 heterocycles. The lowest BCUT2D eigenvalue weighted by Gasteiger charge is -2.24. The Morgan fingerprint density at radius 1 is 1.14 bits per heavy atom. The summed E-state index contributed by atoms with van der Waals surface area (Å²) in [4.78, 5) is 13.5. The zero-order valence-corrected chi connectivity index (χ0v) is 20.1. The number of nitrogens with zero attached hydrogens (tertiary/aromatic N) is 5. The third-order valence-corrected chi connectivity index (χ3v) is 7.28. The van der Waals surface area contributed by atoms with Gasteiger partial charge in [-0.1, -0.05) is 49.6 Å². The van der Waals surface area contributed by atoms with Crippen molar-refractivity contribution >= 4 is 17.0 Å². The number of aryl methyl sites for hydroxylation is 2. The van der Waals surface area contributed by atoms with Crippen molar-refractivity contribution in [3.05, 3.63) is 59.1 Å². The van der Waals surface area contributed by atoms with E-state index in [-0.39, 0.29) is 0 Å². The second-order valence-electron chi connectivity index (χ2n) is 9.73. The molecule has 6 rings (SSSR count). The minimum absolute atomic E-state index is 0.296. The Labute approximate surface area is 204 Å². The van der Waals surface area contributed by atoms with Crippen LogP contribution in [0, 0.1) is 12.8 Å². The highest BCUT2D eigenvalue weighted by atomic mass is 16.5. The van der Waals surface area contributed by atoms with Gasteiger partial charge in [-0.2, -0.15) is 15.1 Å². The molecule has 0 amide bonds. The quantitative estimate of drug-likeness (QED) is 0.417. The zero-order chi connectivity index (χ0) is 23.8. The summed E-state index contributed by atoms with van der Waals surface area (Å²) in [6.07, 6.45) is 12.4. The molecule has 3 N–H and O–H groups in total. The first-order valence-corrected chi connectivity index (χ1v) is 12.6. The predicted molar refractivity (Wildman–Crippen MR) is 136 cm³/mol. The molecule has 3 aromatic heterocycles. The van der Waals surface area contributed by atoms with E-state index in [1.807, 2.05) is 6.92 Å². The van der Waals surface area contributed by atoms with Crippen molar-refractivity contribution in [1.82, 2.24) is 29.7 Å². The molecule has 1 aromatic carbocycles. The van der Waals surface area contributed by atoms with Gasteiger partial charge in [0.1, 0.15) is 5.82 Å². The molecule has 35 heavy (non-hydrogen) atoms. The average molecular weight is 470 g/mol. The molecular weight excluding hydrogens is 438 g/mol. The summed E-state index contributed by atoms with van der Waals surface area (Å²) in [7, 11) is 0. The summed E-state index contributed by atoms with van der Waals surface area (Å²) in [6, 6.07) is 9.17. The van der Waals surface area contributed by atoms with Gasteiger partial charge in [-0.3, -0.25) is 5.10 Å². The van der Waals surface area contributed by atoms with Gasteiger partial charge < -0.3 is 15.0 Å². The Morgan fingerprint density at radius 2 is 2.06 bits per heavy atom. The highest BCUT2D eigenvalue weighted by Gasteiger charge is 2.19. The number of aromatic nitrogens is 6. The smallest absolute Gasteiger partial charge is 0.320 e. The van der Waals surface area contributed by atoms with E-state index in [2.05, 4.69) is 66.1 Å². The van der Waals surface area contributed by atoms with Crippen LogP contribution in [-0.4, -0.2) is 36.3 Å². The van der Waals surface area contributed by atoms with Crippen molar-refractivity contribution in [3.8, 4) is 17.3 Å². The van der Waals surface area contributed by atoms with Crippen molar-refractivity contribution in [1.29, 1.82) is 0 Å². The number of benzene rings is 1.